The van der Waals surface area contributed by atoms with Gasteiger partial charge >= 0.3 is 0 Å². The summed E-state index contributed by atoms with van der Waals surface area (Å²) >= 11 is 0. The molecule has 2 fully saturated rings. The molecule has 1 unspecified atom stereocenters. The summed E-state index contributed by atoms with van der Waals surface area (Å²) in [5, 5.41) is 4.21. The van der Waals surface area contributed by atoms with Crippen molar-refractivity contribution in [2.24, 2.45) is 5.92 Å². The number of piperidine rings is 1. The van der Waals surface area contributed by atoms with E-state index in [-0.39, 0.29) is 24.3 Å². The summed E-state index contributed by atoms with van der Waals surface area (Å²) < 4.78 is 7.80. The third-order valence-corrected chi connectivity index (χ3v) is 5.92. The normalized spacial score (nSPS) is 19.2. The van der Waals surface area contributed by atoms with Gasteiger partial charge in [0, 0.05) is 38.3 Å². The van der Waals surface area contributed by atoms with Crippen LogP contribution in [0.1, 0.15) is 41.6 Å². The van der Waals surface area contributed by atoms with Gasteiger partial charge < -0.3 is 14.5 Å². The molecule has 1 aromatic carbocycles. The first-order valence-corrected chi connectivity index (χ1v) is 10.9. The van der Waals surface area contributed by atoms with Crippen LogP contribution in [0, 0.1) is 12.8 Å². The fraction of sp³-hybridized carbons (Fsp3) is 0.522. The molecular formula is C23H30N4O3. The molecule has 1 aromatic heterocycles. The molecule has 0 radical (unpaired) electrons. The molecule has 30 heavy (non-hydrogen) atoms. The smallest absolute Gasteiger partial charge is 0.257 e. The largest absolute Gasteiger partial charge is 0.492 e. The highest BCUT2D eigenvalue weighted by atomic mass is 16.5. The highest BCUT2D eigenvalue weighted by molar-refractivity contribution is 5.97. The maximum atomic E-state index is 12.8. The Morgan fingerprint density at radius 1 is 1.10 bits per heavy atom. The van der Waals surface area contributed by atoms with Crippen molar-refractivity contribution < 1.29 is 14.3 Å². The van der Waals surface area contributed by atoms with Gasteiger partial charge in [-0.1, -0.05) is 12.1 Å². The molecule has 0 aliphatic carbocycles. The molecule has 7 heteroatoms. The highest BCUT2D eigenvalue weighted by Gasteiger charge is 2.26. The number of rotatable bonds is 6. The summed E-state index contributed by atoms with van der Waals surface area (Å²) in [7, 11) is 0. The minimum atomic E-state index is 0.0538. The van der Waals surface area contributed by atoms with Crippen LogP contribution in [0.5, 0.6) is 5.75 Å². The number of hydrogen-bond acceptors (Lipinski definition) is 4. The predicted octanol–water partition coefficient (Wildman–Crippen LogP) is 2.75. The van der Waals surface area contributed by atoms with Crippen molar-refractivity contribution in [3.63, 3.8) is 0 Å². The maximum absolute atomic E-state index is 12.8. The van der Waals surface area contributed by atoms with Crippen LogP contribution in [-0.2, 0) is 11.3 Å². The second kappa shape index (κ2) is 9.32. The minimum Gasteiger partial charge on any atom is -0.492 e. The molecule has 2 aliphatic heterocycles. The Hall–Kier alpha value is -2.83. The fourth-order valence-electron chi connectivity index (χ4n) is 4.29. The zero-order valence-electron chi connectivity index (χ0n) is 17.6. The summed E-state index contributed by atoms with van der Waals surface area (Å²) in [5.41, 5.74) is 1.69. The number of ether oxygens (including phenoxy) is 1. The lowest BCUT2D eigenvalue weighted by molar-refractivity contribution is -0.134. The van der Waals surface area contributed by atoms with E-state index in [2.05, 4.69) is 5.10 Å². The molecule has 2 aromatic rings. The van der Waals surface area contributed by atoms with Crippen LogP contribution in [0.2, 0.25) is 0 Å². The standard InChI is InChI=1S/C23H30N4O3/c1-18-13-24-27(14-18)16-22(28)26-12-6-7-19(15-26)17-30-21-9-3-2-8-20(21)23(29)25-10-4-5-11-25/h2-3,8-9,13-14,19H,4-7,10-12,15-17H2,1H3. The molecule has 0 N–H and O–H groups in total. The summed E-state index contributed by atoms with van der Waals surface area (Å²) in [6, 6.07) is 7.50. The van der Waals surface area contributed by atoms with Gasteiger partial charge in [0.05, 0.1) is 18.4 Å². The van der Waals surface area contributed by atoms with Crippen molar-refractivity contribution in [1.82, 2.24) is 19.6 Å². The van der Waals surface area contributed by atoms with E-state index in [0.29, 0.717) is 24.5 Å². The molecule has 0 saturated carbocycles. The zero-order chi connectivity index (χ0) is 20.9. The topological polar surface area (TPSA) is 67.7 Å². The van der Waals surface area contributed by atoms with Gasteiger partial charge in [0.2, 0.25) is 5.91 Å². The number of aromatic nitrogens is 2. The molecule has 1 atom stereocenters. The number of likely N-dealkylation sites (tertiary alicyclic amines) is 2. The van der Waals surface area contributed by atoms with Crippen molar-refractivity contribution in [2.75, 3.05) is 32.8 Å². The molecule has 160 valence electrons. The van der Waals surface area contributed by atoms with Crippen molar-refractivity contribution in [2.45, 2.75) is 39.2 Å². The van der Waals surface area contributed by atoms with Gasteiger partial charge in [-0.05, 0) is 50.3 Å². The molecule has 3 heterocycles. The fourth-order valence-corrected chi connectivity index (χ4v) is 4.29. The second-order valence-electron chi connectivity index (χ2n) is 8.37. The first-order chi connectivity index (χ1) is 14.6. The van der Waals surface area contributed by atoms with Gasteiger partial charge in [-0.3, -0.25) is 14.3 Å². The van der Waals surface area contributed by atoms with Gasteiger partial charge in [-0.2, -0.15) is 5.10 Å². The second-order valence-corrected chi connectivity index (χ2v) is 8.37. The zero-order valence-corrected chi connectivity index (χ0v) is 17.6. The quantitative estimate of drug-likeness (QED) is 0.734. The minimum absolute atomic E-state index is 0.0538. The number of amides is 2. The predicted molar refractivity (Wildman–Crippen MR) is 113 cm³/mol. The van der Waals surface area contributed by atoms with E-state index in [1.54, 1.807) is 10.9 Å². The molecule has 0 bridgehead atoms. The van der Waals surface area contributed by atoms with E-state index < -0.39 is 0 Å². The average Bonchev–Trinajstić information content (AvgIpc) is 3.44. The van der Waals surface area contributed by atoms with Crippen LogP contribution in [0.3, 0.4) is 0 Å². The van der Waals surface area contributed by atoms with Gasteiger partial charge in [-0.15, -0.1) is 0 Å². The third kappa shape index (κ3) is 4.83. The molecule has 2 saturated heterocycles. The Labute approximate surface area is 177 Å². The first-order valence-electron chi connectivity index (χ1n) is 10.9. The van der Waals surface area contributed by atoms with E-state index in [1.807, 2.05) is 47.2 Å². The van der Waals surface area contributed by atoms with Crippen LogP contribution < -0.4 is 4.74 Å². The van der Waals surface area contributed by atoms with E-state index in [1.165, 1.54) is 0 Å². The lowest BCUT2D eigenvalue weighted by Crippen LogP contribution is -2.43. The Kier molecular flexibility index (Phi) is 6.35. The number of hydrogen-bond donors (Lipinski definition) is 0. The number of carbonyl (C=O) groups excluding carboxylic acids is 2. The van der Waals surface area contributed by atoms with Gasteiger partial charge in [0.1, 0.15) is 12.3 Å². The molecule has 0 spiro atoms. The Morgan fingerprint density at radius 2 is 1.87 bits per heavy atom. The summed E-state index contributed by atoms with van der Waals surface area (Å²) in [5.74, 6) is 1.05. The lowest BCUT2D eigenvalue weighted by atomic mass is 9.99. The summed E-state index contributed by atoms with van der Waals surface area (Å²) in [6.45, 7) is 5.85. The molecular weight excluding hydrogens is 380 g/mol. The molecule has 4 rings (SSSR count). The molecule has 2 aliphatic rings. The van der Waals surface area contributed by atoms with Crippen molar-refractivity contribution in [3.8, 4) is 5.75 Å². The maximum Gasteiger partial charge on any atom is 0.257 e. The molecule has 2 amide bonds. The van der Waals surface area contributed by atoms with Crippen LogP contribution in [0.15, 0.2) is 36.7 Å². The number of benzene rings is 1. The van der Waals surface area contributed by atoms with E-state index in [9.17, 15) is 9.59 Å². The average molecular weight is 411 g/mol. The Morgan fingerprint density at radius 3 is 2.63 bits per heavy atom. The SMILES string of the molecule is Cc1cnn(CC(=O)N2CCCC(COc3ccccc3C(=O)N3CCCC3)C2)c1. The van der Waals surface area contributed by atoms with Crippen LogP contribution >= 0.6 is 0 Å². The summed E-state index contributed by atoms with van der Waals surface area (Å²) in [6.07, 6.45) is 7.77. The Bertz CT molecular complexity index is 888. The van der Waals surface area contributed by atoms with Crippen molar-refractivity contribution in [3.05, 3.63) is 47.8 Å². The molecule has 7 nitrogen and oxygen atoms in total. The van der Waals surface area contributed by atoms with Crippen molar-refractivity contribution in [1.29, 1.82) is 0 Å². The van der Waals surface area contributed by atoms with Crippen LogP contribution in [-0.4, -0.2) is 64.2 Å². The van der Waals surface area contributed by atoms with Gasteiger partial charge in [0.25, 0.3) is 5.91 Å². The van der Waals surface area contributed by atoms with E-state index in [4.69, 9.17) is 4.74 Å². The lowest BCUT2D eigenvalue weighted by Gasteiger charge is -2.32. The number of nitrogens with zero attached hydrogens (tertiary/aromatic N) is 4. The van der Waals surface area contributed by atoms with E-state index >= 15 is 0 Å². The monoisotopic (exact) mass is 410 g/mol. The third-order valence-electron chi connectivity index (χ3n) is 5.92. The highest BCUT2D eigenvalue weighted by Crippen LogP contribution is 2.24. The number of para-hydroxylation sites is 1. The van der Waals surface area contributed by atoms with E-state index in [0.717, 1.165) is 50.9 Å². The van der Waals surface area contributed by atoms with Gasteiger partial charge in [-0.25, -0.2) is 0 Å². The van der Waals surface area contributed by atoms with Crippen LogP contribution in [0.4, 0.5) is 0 Å². The first kappa shape index (κ1) is 20.4. The number of aryl methyl sites for hydroxylation is 1. The number of carbonyl (C=O) groups is 2. The van der Waals surface area contributed by atoms with Crippen LogP contribution in [0.25, 0.3) is 0 Å². The summed E-state index contributed by atoms with van der Waals surface area (Å²) in [4.78, 5) is 29.3. The van der Waals surface area contributed by atoms with Crippen molar-refractivity contribution >= 4 is 11.8 Å². The Balaban J connectivity index is 1.34. The van der Waals surface area contributed by atoms with Gasteiger partial charge in [0.15, 0.2) is 0 Å².